The van der Waals surface area contributed by atoms with Crippen molar-refractivity contribution >= 4 is 11.0 Å². The Kier molecular flexibility index (Phi) is 6.94. The zero-order valence-electron chi connectivity index (χ0n) is 19.6. The first kappa shape index (κ1) is 25.3. The van der Waals surface area contributed by atoms with Crippen LogP contribution in [0.25, 0.3) is 11.0 Å². The molecule has 2 aliphatic rings. The molecular weight excluding hydrogens is 492 g/mol. The second kappa shape index (κ2) is 10.2. The smallest absolute Gasteiger partial charge is 0.336 e. The molecule has 0 bridgehead atoms. The van der Waals surface area contributed by atoms with E-state index in [4.69, 9.17) is 28.1 Å². The van der Waals surface area contributed by atoms with E-state index in [1.807, 2.05) is 0 Å². The molecule has 5 N–H and O–H groups in total. The van der Waals surface area contributed by atoms with E-state index in [1.54, 1.807) is 30.3 Å². The van der Waals surface area contributed by atoms with Crippen LogP contribution in [0.3, 0.4) is 0 Å². The highest BCUT2D eigenvalue weighted by Gasteiger charge is 2.45. The molecule has 5 rings (SSSR count). The fourth-order valence-electron chi connectivity index (χ4n) is 4.38. The van der Waals surface area contributed by atoms with Crippen molar-refractivity contribution in [3.63, 3.8) is 0 Å². The number of rotatable bonds is 6. The van der Waals surface area contributed by atoms with Crippen LogP contribution in [-0.4, -0.2) is 82.7 Å². The molecule has 0 spiro atoms. The minimum absolute atomic E-state index is 0.140. The fraction of sp³-hybridized carbons (Fsp3) is 0.400. The van der Waals surface area contributed by atoms with E-state index >= 15 is 0 Å². The van der Waals surface area contributed by atoms with Gasteiger partial charge in [-0.3, -0.25) is 0 Å². The summed E-state index contributed by atoms with van der Waals surface area (Å²) < 4.78 is 34.0. The summed E-state index contributed by atoms with van der Waals surface area (Å²) in [5, 5.41) is 50.3. The van der Waals surface area contributed by atoms with E-state index in [0.717, 1.165) is 0 Å². The Bertz CT molecular complexity index is 1320. The molecule has 1 saturated heterocycles. The van der Waals surface area contributed by atoms with Crippen molar-refractivity contribution in [1.29, 1.82) is 0 Å². The zero-order chi connectivity index (χ0) is 26.3. The number of hydrogen-bond donors (Lipinski definition) is 5. The van der Waals surface area contributed by atoms with Crippen LogP contribution in [-0.2, 0) is 4.74 Å². The summed E-state index contributed by atoms with van der Waals surface area (Å²) in [5.74, 6) is 0.878. The van der Waals surface area contributed by atoms with Gasteiger partial charge in [0.1, 0.15) is 24.4 Å². The van der Waals surface area contributed by atoms with Crippen molar-refractivity contribution < 1.29 is 53.6 Å². The number of aliphatic hydroxyl groups excluding tert-OH is 5. The molecule has 0 radical (unpaired) electrons. The van der Waals surface area contributed by atoms with E-state index in [9.17, 15) is 30.3 Å². The van der Waals surface area contributed by atoms with Gasteiger partial charge < -0.3 is 53.6 Å². The molecule has 7 atom stereocenters. The number of aliphatic hydroxyl groups is 5. The van der Waals surface area contributed by atoms with Gasteiger partial charge in [0.25, 0.3) is 0 Å². The van der Waals surface area contributed by atoms with Gasteiger partial charge in [-0.2, -0.15) is 0 Å². The second-order valence-corrected chi connectivity index (χ2v) is 8.67. The van der Waals surface area contributed by atoms with Gasteiger partial charge in [0.15, 0.2) is 35.0 Å². The lowest BCUT2D eigenvalue weighted by Gasteiger charge is -2.39. The Morgan fingerprint density at radius 2 is 1.62 bits per heavy atom. The predicted molar refractivity (Wildman–Crippen MR) is 125 cm³/mol. The molecule has 0 saturated carbocycles. The van der Waals surface area contributed by atoms with E-state index in [0.29, 0.717) is 16.7 Å². The minimum Gasteiger partial charge on any atom is -0.493 e. The molecule has 2 aromatic carbocycles. The molecule has 12 heteroatoms. The molecule has 1 aromatic heterocycles. The Hall–Kier alpha value is -3.39. The summed E-state index contributed by atoms with van der Waals surface area (Å²) >= 11 is 0. The minimum atomic E-state index is -1.60. The largest absolute Gasteiger partial charge is 0.493 e. The van der Waals surface area contributed by atoms with Crippen molar-refractivity contribution in [3.05, 3.63) is 58.4 Å². The quantitative estimate of drug-likeness (QED) is 0.273. The maximum Gasteiger partial charge on any atom is 0.336 e. The normalized spacial score (nSPS) is 29.2. The third-order valence-corrected chi connectivity index (χ3v) is 6.36. The Morgan fingerprint density at radius 1 is 0.865 bits per heavy atom. The van der Waals surface area contributed by atoms with Crippen LogP contribution in [0, 0.1) is 0 Å². The van der Waals surface area contributed by atoms with Crippen LogP contribution in [0.15, 0.2) is 51.7 Å². The fourth-order valence-corrected chi connectivity index (χ4v) is 4.38. The molecule has 2 aliphatic heterocycles. The van der Waals surface area contributed by atoms with Gasteiger partial charge >= 0.3 is 5.63 Å². The molecule has 0 unspecified atom stereocenters. The first-order valence-corrected chi connectivity index (χ1v) is 11.5. The predicted octanol–water partition coefficient (Wildman–Crippen LogP) is -0.146. The summed E-state index contributed by atoms with van der Waals surface area (Å²) in [4.78, 5) is 11.7. The number of methoxy groups -OCH3 is 1. The average Bonchev–Trinajstić information content (AvgIpc) is 2.92. The Labute approximate surface area is 209 Å². The summed E-state index contributed by atoms with van der Waals surface area (Å²) in [7, 11) is 1.39. The van der Waals surface area contributed by atoms with E-state index < -0.39 is 61.8 Å². The van der Waals surface area contributed by atoms with Crippen LogP contribution < -0.4 is 24.6 Å². The Morgan fingerprint density at radius 3 is 2.35 bits per heavy atom. The molecule has 1 fully saturated rings. The zero-order valence-corrected chi connectivity index (χ0v) is 19.6. The third-order valence-electron chi connectivity index (χ3n) is 6.36. The number of benzene rings is 2. The van der Waals surface area contributed by atoms with Gasteiger partial charge in [-0.25, -0.2) is 4.79 Å². The molecule has 12 nitrogen and oxygen atoms in total. The third kappa shape index (κ3) is 4.59. The highest BCUT2D eigenvalue weighted by molar-refractivity contribution is 5.85. The van der Waals surface area contributed by atoms with Crippen molar-refractivity contribution in [2.24, 2.45) is 0 Å². The van der Waals surface area contributed by atoms with Crippen LogP contribution in [0.4, 0.5) is 0 Å². The van der Waals surface area contributed by atoms with Gasteiger partial charge in [0, 0.05) is 17.0 Å². The van der Waals surface area contributed by atoms with Crippen molar-refractivity contribution in [1.82, 2.24) is 0 Å². The number of hydrogen-bond acceptors (Lipinski definition) is 12. The standard InChI is InChI=1S/C25H26O12/c1-32-15-8-12(3-5-13(15)35-25-21(31)20(30)19(29)16(9-26)36-25)22-17(10-27)34-24-14(33-22)6-2-11-4-7-18(28)37-23(11)24/h2-8,16-17,19-22,25-27,29-31H,9-10H2,1H3/t16-,17-,19-,20+,21-,22-,25+/m1/s1. The topological polar surface area (TPSA) is 178 Å². The average molecular weight is 518 g/mol. The van der Waals surface area contributed by atoms with E-state index in [2.05, 4.69) is 0 Å². The number of fused-ring (bicyclic) bond motifs is 3. The molecule has 198 valence electrons. The van der Waals surface area contributed by atoms with Crippen molar-refractivity contribution in [2.45, 2.75) is 42.9 Å². The highest BCUT2D eigenvalue weighted by Crippen LogP contribution is 2.45. The van der Waals surface area contributed by atoms with Gasteiger partial charge in [0.2, 0.25) is 12.0 Å². The maximum atomic E-state index is 11.7. The monoisotopic (exact) mass is 518 g/mol. The first-order chi connectivity index (χ1) is 17.8. The van der Waals surface area contributed by atoms with Gasteiger partial charge in [-0.05, 0) is 30.3 Å². The molecule has 3 aromatic rings. The lowest BCUT2D eigenvalue weighted by atomic mass is 9.99. The van der Waals surface area contributed by atoms with Gasteiger partial charge in [-0.1, -0.05) is 6.07 Å². The Balaban J connectivity index is 1.43. The van der Waals surface area contributed by atoms with Gasteiger partial charge in [-0.15, -0.1) is 0 Å². The molecule has 37 heavy (non-hydrogen) atoms. The van der Waals surface area contributed by atoms with Crippen LogP contribution >= 0.6 is 0 Å². The molecule has 3 heterocycles. The van der Waals surface area contributed by atoms with Crippen LogP contribution in [0.2, 0.25) is 0 Å². The summed E-state index contributed by atoms with van der Waals surface area (Å²) in [5.41, 5.74) is 0.215. The van der Waals surface area contributed by atoms with Crippen LogP contribution in [0.1, 0.15) is 11.7 Å². The lowest BCUT2D eigenvalue weighted by molar-refractivity contribution is -0.277. The number of ether oxygens (including phenoxy) is 5. The lowest BCUT2D eigenvalue weighted by Crippen LogP contribution is -2.60. The second-order valence-electron chi connectivity index (χ2n) is 8.67. The van der Waals surface area contributed by atoms with Crippen LogP contribution in [0.5, 0.6) is 23.0 Å². The summed E-state index contributed by atoms with van der Waals surface area (Å²) in [6.45, 7) is -1.01. The summed E-state index contributed by atoms with van der Waals surface area (Å²) in [6.07, 6.45) is -8.87. The van der Waals surface area contributed by atoms with E-state index in [1.165, 1.54) is 19.2 Å². The summed E-state index contributed by atoms with van der Waals surface area (Å²) in [6, 6.07) is 11.0. The van der Waals surface area contributed by atoms with E-state index in [-0.39, 0.29) is 22.8 Å². The first-order valence-electron chi connectivity index (χ1n) is 11.5. The van der Waals surface area contributed by atoms with Gasteiger partial charge in [0.05, 0.1) is 20.3 Å². The SMILES string of the molecule is COc1cc([C@H]2Oc3ccc4ccc(=O)oc4c3O[C@@H]2CO)ccc1O[C@H]1O[C@H](CO)[C@@H](O)[C@H](O)[C@H]1O. The molecule has 0 amide bonds. The van der Waals surface area contributed by atoms with Crippen molar-refractivity contribution in [3.8, 4) is 23.0 Å². The highest BCUT2D eigenvalue weighted by atomic mass is 16.7. The maximum absolute atomic E-state index is 11.7. The van der Waals surface area contributed by atoms with Crippen molar-refractivity contribution in [2.75, 3.05) is 20.3 Å². The molecular formula is C25H26O12. The molecule has 0 aliphatic carbocycles.